The van der Waals surface area contributed by atoms with Crippen LogP contribution in [-0.4, -0.2) is 56.8 Å². The Bertz CT molecular complexity index is 1410. The van der Waals surface area contributed by atoms with Crippen molar-refractivity contribution >= 4 is 33.3 Å². The average molecular weight is 540 g/mol. The van der Waals surface area contributed by atoms with Crippen LogP contribution in [0.25, 0.3) is 0 Å². The van der Waals surface area contributed by atoms with Crippen molar-refractivity contribution in [2.75, 3.05) is 24.2 Å². The van der Waals surface area contributed by atoms with Gasteiger partial charge in [0.15, 0.2) is 5.78 Å². The number of anilines is 1. The monoisotopic (exact) mass is 539 g/mol. The third-order valence-electron chi connectivity index (χ3n) is 6.04. The second kappa shape index (κ2) is 12.5. The van der Waals surface area contributed by atoms with Gasteiger partial charge in [0.2, 0.25) is 21.8 Å². The standard InChI is InChI=1S/C28H30FN3O5S/c1-20(33)22-13-9-14-24(17-22)32(38(3,36)37)19-27(34)31(18-23-12-7-8-15-25(23)29)26(28(35)30-2)16-21-10-5-4-6-11-21/h4-15,17,26H,16,18-19H2,1-3H3,(H,30,35)/t26-/m1/s1. The van der Waals surface area contributed by atoms with Crippen LogP contribution in [0.2, 0.25) is 0 Å². The predicted octanol–water partition coefficient (Wildman–Crippen LogP) is 3.18. The van der Waals surface area contributed by atoms with Crippen molar-refractivity contribution in [1.29, 1.82) is 0 Å². The molecular formula is C28H30FN3O5S. The number of amides is 2. The molecule has 0 saturated heterocycles. The van der Waals surface area contributed by atoms with Crippen LogP contribution >= 0.6 is 0 Å². The largest absolute Gasteiger partial charge is 0.357 e. The van der Waals surface area contributed by atoms with Crippen LogP contribution in [0.1, 0.15) is 28.4 Å². The summed E-state index contributed by atoms with van der Waals surface area (Å²) in [5.41, 5.74) is 1.34. The molecule has 8 nitrogen and oxygen atoms in total. The van der Waals surface area contributed by atoms with Gasteiger partial charge in [-0.05, 0) is 30.7 Å². The van der Waals surface area contributed by atoms with E-state index in [9.17, 15) is 27.2 Å². The molecule has 0 aliphatic heterocycles. The molecule has 0 aliphatic carbocycles. The average Bonchev–Trinajstić information content (AvgIpc) is 2.89. The van der Waals surface area contributed by atoms with Crippen LogP contribution in [0.3, 0.4) is 0 Å². The van der Waals surface area contributed by atoms with Crippen LogP contribution in [0, 0.1) is 5.82 Å². The highest BCUT2D eigenvalue weighted by Crippen LogP contribution is 2.22. The summed E-state index contributed by atoms with van der Waals surface area (Å²) in [4.78, 5) is 39.9. The summed E-state index contributed by atoms with van der Waals surface area (Å²) in [7, 11) is -2.55. The molecule has 1 atom stereocenters. The van der Waals surface area contributed by atoms with Crippen molar-refractivity contribution in [2.45, 2.75) is 25.9 Å². The molecule has 38 heavy (non-hydrogen) atoms. The Morgan fingerprint density at radius 2 is 1.61 bits per heavy atom. The molecule has 200 valence electrons. The van der Waals surface area contributed by atoms with Gasteiger partial charge < -0.3 is 10.2 Å². The summed E-state index contributed by atoms with van der Waals surface area (Å²) in [5.74, 6) is -2.02. The third-order valence-corrected chi connectivity index (χ3v) is 7.18. The molecule has 3 rings (SSSR count). The number of benzene rings is 3. The van der Waals surface area contributed by atoms with Crippen LogP contribution < -0.4 is 9.62 Å². The van der Waals surface area contributed by atoms with E-state index in [0.717, 1.165) is 16.1 Å². The lowest BCUT2D eigenvalue weighted by molar-refractivity contribution is -0.139. The van der Waals surface area contributed by atoms with Gasteiger partial charge in [-0.3, -0.25) is 18.7 Å². The summed E-state index contributed by atoms with van der Waals surface area (Å²) >= 11 is 0. The van der Waals surface area contributed by atoms with Gasteiger partial charge in [0, 0.05) is 31.1 Å². The quantitative estimate of drug-likeness (QED) is 0.377. The maximum absolute atomic E-state index is 14.6. The van der Waals surface area contributed by atoms with E-state index in [-0.39, 0.29) is 35.6 Å². The molecule has 0 aromatic heterocycles. The number of sulfonamides is 1. The fraction of sp³-hybridized carbons (Fsp3) is 0.250. The lowest BCUT2D eigenvalue weighted by atomic mass is 10.0. The molecule has 3 aromatic rings. The van der Waals surface area contributed by atoms with Gasteiger partial charge in [-0.1, -0.05) is 60.7 Å². The molecule has 0 unspecified atom stereocenters. The second-order valence-corrected chi connectivity index (χ2v) is 10.7. The molecule has 0 heterocycles. The molecule has 0 radical (unpaired) electrons. The number of nitrogens with one attached hydrogen (secondary N) is 1. The molecule has 0 saturated carbocycles. The van der Waals surface area contributed by atoms with E-state index in [1.54, 1.807) is 36.4 Å². The fourth-order valence-corrected chi connectivity index (χ4v) is 4.87. The van der Waals surface area contributed by atoms with Crippen molar-refractivity contribution in [3.63, 3.8) is 0 Å². The summed E-state index contributed by atoms with van der Waals surface area (Å²) < 4.78 is 41.1. The minimum Gasteiger partial charge on any atom is -0.357 e. The highest BCUT2D eigenvalue weighted by atomic mass is 32.2. The van der Waals surface area contributed by atoms with E-state index in [1.807, 2.05) is 6.07 Å². The SMILES string of the molecule is CNC(=O)[C@@H](Cc1ccccc1)N(Cc1ccccc1F)C(=O)CN(c1cccc(C(C)=O)c1)S(C)(=O)=O. The Labute approximate surface area is 222 Å². The maximum atomic E-state index is 14.6. The number of rotatable bonds is 11. The van der Waals surface area contributed by atoms with Crippen molar-refractivity contribution in [3.8, 4) is 0 Å². The zero-order chi connectivity index (χ0) is 27.9. The van der Waals surface area contributed by atoms with Crippen molar-refractivity contribution in [1.82, 2.24) is 10.2 Å². The zero-order valence-corrected chi connectivity index (χ0v) is 22.2. The summed E-state index contributed by atoms with van der Waals surface area (Å²) in [5, 5.41) is 2.56. The van der Waals surface area contributed by atoms with Crippen molar-refractivity contribution in [3.05, 3.63) is 101 Å². The van der Waals surface area contributed by atoms with Crippen molar-refractivity contribution in [2.24, 2.45) is 0 Å². The lowest BCUT2D eigenvalue weighted by Crippen LogP contribution is -2.53. The first-order valence-electron chi connectivity index (χ1n) is 11.9. The Balaban J connectivity index is 2.05. The first-order valence-corrected chi connectivity index (χ1v) is 13.7. The lowest BCUT2D eigenvalue weighted by Gasteiger charge is -2.33. The molecule has 1 N–H and O–H groups in total. The smallest absolute Gasteiger partial charge is 0.244 e. The number of Topliss-reactive ketones (excluding diaryl/α,β-unsaturated/α-hetero) is 1. The number of nitrogens with zero attached hydrogens (tertiary/aromatic N) is 2. The molecule has 2 amide bonds. The zero-order valence-electron chi connectivity index (χ0n) is 21.4. The van der Waals surface area contributed by atoms with Crippen LogP contribution in [0.5, 0.6) is 0 Å². The van der Waals surface area contributed by atoms with E-state index in [4.69, 9.17) is 0 Å². The first-order chi connectivity index (χ1) is 18.0. The predicted molar refractivity (Wildman–Crippen MR) is 144 cm³/mol. The molecule has 0 spiro atoms. The summed E-state index contributed by atoms with van der Waals surface area (Å²) in [6, 6.07) is 19.8. The van der Waals surface area contributed by atoms with Gasteiger partial charge in [0.25, 0.3) is 0 Å². The number of carbonyl (C=O) groups excluding carboxylic acids is 3. The van der Waals surface area contributed by atoms with E-state index in [0.29, 0.717) is 0 Å². The van der Waals surface area contributed by atoms with Gasteiger partial charge in [-0.25, -0.2) is 12.8 Å². The van der Waals surface area contributed by atoms with Crippen LogP contribution in [-0.2, 0) is 32.6 Å². The van der Waals surface area contributed by atoms with Gasteiger partial charge in [-0.15, -0.1) is 0 Å². The number of hydrogen-bond acceptors (Lipinski definition) is 5. The topological polar surface area (TPSA) is 104 Å². The number of halogens is 1. The normalized spacial score (nSPS) is 11.9. The van der Waals surface area contributed by atoms with Gasteiger partial charge in [0.1, 0.15) is 18.4 Å². The van der Waals surface area contributed by atoms with E-state index in [2.05, 4.69) is 5.32 Å². The number of carbonyl (C=O) groups is 3. The van der Waals surface area contributed by atoms with Crippen LogP contribution in [0.15, 0.2) is 78.9 Å². The third kappa shape index (κ3) is 7.25. The second-order valence-electron chi connectivity index (χ2n) is 8.81. The number of ketones is 1. The molecule has 0 fully saturated rings. The van der Waals surface area contributed by atoms with E-state index in [1.165, 1.54) is 55.3 Å². The molecule has 3 aromatic carbocycles. The highest BCUT2D eigenvalue weighted by Gasteiger charge is 2.33. The minimum absolute atomic E-state index is 0.124. The highest BCUT2D eigenvalue weighted by molar-refractivity contribution is 7.92. The van der Waals surface area contributed by atoms with Gasteiger partial charge in [0.05, 0.1) is 11.9 Å². The van der Waals surface area contributed by atoms with E-state index < -0.39 is 40.2 Å². The molecule has 0 aliphatic rings. The maximum Gasteiger partial charge on any atom is 0.244 e. The van der Waals surface area contributed by atoms with Crippen LogP contribution in [0.4, 0.5) is 10.1 Å². The molecular weight excluding hydrogens is 509 g/mol. The Morgan fingerprint density at radius 3 is 2.21 bits per heavy atom. The first kappa shape index (κ1) is 28.5. The fourth-order valence-electron chi connectivity index (χ4n) is 4.02. The van der Waals surface area contributed by atoms with Crippen molar-refractivity contribution < 1.29 is 27.2 Å². The van der Waals surface area contributed by atoms with Gasteiger partial charge >= 0.3 is 0 Å². The Kier molecular flexibility index (Phi) is 9.35. The molecule has 10 heteroatoms. The Morgan fingerprint density at radius 1 is 0.947 bits per heavy atom. The molecule has 0 bridgehead atoms. The summed E-state index contributed by atoms with van der Waals surface area (Å²) in [6.45, 7) is 0.432. The van der Waals surface area contributed by atoms with Gasteiger partial charge in [-0.2, -0.15) is 0 Å². The summed E-state index contributed by atoms with van der Waals surface area (Å²) in [6.07, 6.45) is 1.07. The number of hydrogen-bond donors (Lipinski definition) is 1. The minimum atomic E-state index is -3.98. The Hall–Kier alpha value is -4.05. The number of likely N-dealkylation sites (N-methyl/N-ethyl adjacent to an activating group) is 1. The van der Waals surface area contributed by atoms with E-state index >= 15 is 0 Å².